The van der Waals surface area contributed by atoms with Gasteiger partial charge in [0.1, 0.15) is 0 Å². The Morgan fingerprint density at radius 1 is 1.05 bits per heavy atom. The van der Waals surface area contributed by atoms with Crippen molar-refractivity contribution in [2.45, 2.75) is 38.5 Å². The first-order valence-corrected chi connectivity index (χ1v) is 7.74. The normalized spacial score (nSPS) is 14.5. The molecule has 1 heterocycles. The monoisotopic (exact) mass is 302 g/mol. The van der Waals surface area contributed by atoms with Crippen molar-refractivity contribution in [2.75, 3.05) is 18.5 Å². The van der Waals surface area contributed by atoms with Crippen molar-refractivity contribution in [3.8, 4) is 0 Å². The van der Waals surface area contributed by atoms with Crippen LogP contribution < -0.4 is 4.90 Å². The van der Waals surface area contributed by atoms with E-state index >= 15 is 0 Å². The van der Waals surface area contributed by atoms with E-state index in [2.05, 4.69) is 0 Å². The number of amides is 3. The first-order chi connectivity index (χ1) is 10.6. The minimum absolute atomic E-state index is 0.0649. The van der Waals surface area contributed by atoms with Crippen LogP contribution in [0, 0.1) is 0 Å². The number of unbranched alkanes of at least 4 members (excludes halogenated alkanes) is 2. The van der Waals surface area contributed by atoms with E-state index in [0.717, 1.165) is 24.9 Å². The van der Waals surface area contributed by atoms with E-state index in [0.29, 0.717) is 25.8 Å². The second-order valence-electron chi connectivity index (χ2n) is 5.54. The van der Waals surface area contributed by atoms with Crippen LogP contribution in [-0.2, 0) is 14.4 Å². The molecule has 22 heavy (non-hydrogen) atoms. The highest BCUT2D eigenvalue weighted by molar-refractivity contribution is 6.01. The average molecular weight is 302 g/mol. The fraction of sp³-hybridized carbons (Fsp3) is 0.471. The fourth-order valence-corrected chi connectivity index (χ4v) is 2.56. The van der Waals surface area contributed by atoms with Crippen LogP contribution in [-0.4, -0.2) is 36.2 Å². The van der Waals surface area contributed by atoms with Crippen molar-refractivity contribution in [1.29, 1.82) is 0 Å². The Hall–Kier alpha value is -2.17. The molecule has 5 nitrogen and oxygen atoms in total. The molecular formula is C17H22N2O3. The third-order valence-electron chi connectivity index (χ3n) is 3.94. The molecule has 2 rings (SSSR count). The lowest BCUT2D eigenvalue weighted by Gasteiger charge is -2.17. The number of hydrogen-bond donors (Lipinski definition) is 0. The van der Waals surface area contributed by atoms with Crippen molar-refractivity contribution >= 4 is 23.4 Å². The molecular weight excluding hydrogens is 280 g/mol. The van der Waals surface area contributed by atoms with E-state index in [-0.39, 0.29) is 17.7 Å². The molecule has 1 aromatic carbocycles. The summed E-state index contributed by atoms with van der Waals surface area (Å²) in [6.07, 6.45) is 3.54. The molecule has 0 aliphatic carbocycles. The van der Waals surface area contributed by atoms with Gasteiger partial charge in [0.25, 0.3) is 0 Å². The number of rotatable bonds is 7. The number of para-hydroxylation sites is 1. The predicted octanol–water partition coefficient (Wildman–Crippen LogP) is 2.36. The summed E-state index contributed by atoms with van der Waals surface area (Å²) in [5.74, 6) is -0.0469. The van der Waals surface area contributed by atoms with Crippen molar-refractivity contribution in [3.05, 3.63) is 30.3 Å². The van der Waals surface area contributed by atoms with Crippen LogP contribution >= 0.6 is 0 Å². The molecule has 118 valence electrons. The van der Waals surface area contributed by atoms with Crippen molar-refractivity contribution in [3.63, 3.8) is 0 Å². The number of nitrogens with zero attached hydrogens (tertiary/aromatic N) is 2. The summed E-state index contributed by atoms with van der Waals surface area (Å²) in [4.78, 5) is 38.0. The van der Waals surface area contributed by atoms with Gasteiger partial charge in [0.05, 0.1) is 0 Å². The van der Waals surface area contributed by atoms with Crippen LogP contribution in [0.3, 0.4) is 0 Å². The number of hydrogen-bond acceptors (Lipinski definition) is 3. The lowest BCUT2D eigenvalue weighted by molar-refractivity contribution is -0.138. The SMILES string of the molecule is CN(C(=O)CCCCCN1C(=O)CCC1=O)c1ccccc1. The Balaban J connectivity index is 1.65. The van der Waals surface area contributed by atoms with Crippen LogP contribution in [0.2, 0.25) is 0 Å². The number of likely N-dealkylation sites (tertiary alicyclic amines) is 1. The van der Waals surface area contributed by atoms with E-state index in [1.54, 1.807) is 11.9 Å². The summed E-state index contributed by atoms with van der Waals surface area (Å²) in [5.41, 5.74) is 0.890. The van der Waals surface area contributed by atoms with Gasteiger partial charge in [0.15, 0.2) is 0 Å². The number of imide groups is 1. The molecule has 0 aromatic heterocycles. The molecule has 5 heteroatoms. The second kappa shape index (κ2) is 7.73. The Morgan fingerprint density at radius 2 is 1.68 bits per heavy atom. The first kappa shape index (κ1) is 16.2. The minimum Gasteiger partial charge on any atom is -0.316 e. The highest BCUT2D eigenvalue weighted by Gasteiger charge is 2.27. The zero-order valence-corrected chi connectivity index (χ0v) is 13.0. The standard InChI is InChI=1S/C17H22N2O3/c1-18(14-8-4-2-5-9-14)15(20)10-6-3-7-13-19-16(21)11-12-17(19)22/h2,4-5,8-9H,3,6-7,10-13H2,1H3. The maximum Gasteiger partial charge on any atom is 0.229 e. The third-order valence-corrected chi connectivity index (χ3v) is 3.94. The lowest BCUT2D eigenvalue weighted by Crippen LogP contribution is -2.30. The molecule has 0 spiro atoms. The van der Waals surface area contributed by atoms with Gasteiger partial charge in [-0.1, -0.05) is 24.6 Å². The molecule has 1 aliphatic heterocycles. The summed E-state index contributed by atoms with van der Waals surface area (Å²) in [7, 11) is 1.78. The molecule has 0 atom stereocenters. The van der Waals surface area contributed by atoms with Gasteiger partial charge in [-0.15, -0.1) is 0 Å². The smallest absolute Gasteiger partial charge is 0.229 e. The quantitative estimate of drug-likeness (QED) is 0.574. The summed E-state index contributed by atoms with van der Waals surface area (Å²) < 4.78 is 0. The summed E-state index contributed by atoms with van der Waals surface area (Å²) in [6.45, 7) is 0.486. The van der Waals surface area contributed by atoms with E-state index in [4.69, 9.17) is 0 Å². The summed E-state index contributed by atoms with van der Waals surface area (Å²) in [6, 6.07) is 9.54. The van der Waals surface area contributed by atoms with Gasteiger partial charge in [0, 0.05) is 38.5 Å². The number of benzene rings is 1. The number of anilines is 1. The molecule has 0 bridgehead atoms. The zero-order chi connectivity index (χ0) is 15.9. The Labute approximate surface area is 130 Å². The number of carbonyl (C=O) groups is 3. The Bertz CT molecular complexity index is 526. The molecule has 1 saturated heterocycles. The molecule has 0 radical (unpaired) electrons. The molecule has 1 aromatic rings. The van der Waals surface area contributed by atoms with E-state index in [1.807, 2.05) is 30.3 Å². The predicted molar refractivity (Wildman–Crippen MR) is 84.3 cm³/mol. The summed E-state index contributed by atoms with van der Waals surface area (Å²) in [5, 5.41) is 0. The zero-order valence-electron chi connectivity index (χ0n) is 13.0. The van der Waals surface area contributed by atoms with Crippen LogP contribution in [0.5, 0.6) is 0 Å². The molecule has 0 N–H and O–H groups in total. The van der Waals surface area contributed by atoms with Gasteiger partial charge in [-0.05, 0) is 25.0 Å². The topological polar surface area (TPSA) is 57.7 Å². The van der Waals surface area contributed by atoms with Crippen molar-refractivity contribution in [1.82, 2.24) is 4.90 Å². The maximum atomic E-state index is 12.1. The van der Waals surface area contributed by atoms with E-state index in [9.17, 15) is 14.4 Å². The summed E-state index contributed by atoms with van der Waals surface area (Å²) >= 11 is 0. The number of carbonyl (C=O) groups excluding carboxylic acids is 3. The van der Waals surface area contributed by atoms with Gasteiger partial charge in [-0.3, -0.25) is 19.3 Å². The van der Waals surface area contributed by atoms with Gasteiger partial charge in [-0.25, -0.2) is 0 Å². The van der Waals surface area contributed by atoms with Gasteiger partial charge < -0.3 is 4.90 Å². The molecule has 0 unspecified atom stereocenters. The third kappa shape index (κ3) is 4.16. The van der Waals surface area contributed by atoms with Gasteiger partial charge >= 0.3 is 0 Å². The van der Waals surface area contributed by atoms with Crippen LogP contribution in [0.1, 0.15) is 38.5 Å². The lowest BCUT2D eigenvalue weighted by atomic mass is 10.1. The van der Waals surface area contributed by atoms with Gasteiger partial charge in [-0.2, -0.15) is 0 Å². The van der Waals surface area contributed by atoms with Gasteiger partial charge in [0.2, 0.25) is 17.7 Å². The van der Waals surface area contributed by atoms with E-state index in [1.165, 1.54) is 4.90 Å². The average Bonchev–Trinajstić information content (AvgIpc) is 2.86. The first-order valence-electron chi connectivity index (χ1n) is 7.74. The largest absolute Gasteiger partial charge is 0.316 e. The molecule has 1 aliphatic rings. The molecule has 0 saturated carbocycles. The highest BCUT2D eigenvalue weighted by atomic mass is 16.2. The second-order valence-corrected chi connectivity index (χ2v) is 5.54. The Kier molecular flexibility index (Phi) is 5.69. The van der Waals surface area contributed by atoms with Crippen LogP contribution in [0.25, 0.3) is 0 Å². The van der Waals surface area contributed by atoms with E-state index < -0.39 is 0 Å². The van der Waals surface area contributed by atoms with Crippen LogP contribution in [0.15, 0.2) is 30.3 Å². The highest BCUT2D eigenvalue weighted by Crippen LogP contribution is 2.15. The molecule has 3 amide bonds. The van der Waals surface area contributed by atoms with Crippen LogP contribution in [0.4, 0.5) is 5.69 Å². The molecule has 1 fully saturated rings. The maximum absolute atomic E-state index is 12.1. The minimum atomic E-state index is -0.0649. The fourth-order valence-electron chi connectivity index (χ4n) is 2.56. The Morgan fingerprint density at radius 3 is 2.32 bits per heavy atom. The van der Waals surface area contributed by atoms with Crippen molar-refractivity contribution in [2.24, 2.45) is 0 Å². The van der Waals surface area contributed by atoms with Crippen molar-refractivity contribution < 1.29 is 14.4 Å².